The molecule has 0 bridgehead atoms. The summed E-state index contributed by atoms with van der Waals surface area (Å²) in [5.41, 5.74) is 3.61. The van der Waals surface area contributed by atoms with Crippen molar-refractivity contribution in [1.29, 1.82) is 0 Å². The minimum Gasteiger partial charge on any atom is -0.395 e. The third kappa shape index (κ3) is 4.97. The summed E-state index contributed by atoms with van der Waals surface area (Å²) in [6, 6.07) is 15.7. The Bertz CT molecular complexity index is 666. The van der Waals surface area contributed by atoms with Crippen molar-refractivity contribution in [3.8, 4) is 0 Å². The number of anilines is 1. The molecule has 0 aromatic heterocycles. The summed E-state index contributed by atoms with van der Waals surface area (Å²) in [7, 11) is 0. The van der Waals surface area contributed by atoms with E-state index in [9.17, 15) is 4.79 Å². The molecule has 1 amide bonds. The number of aliphatic hydroxyl groups excluding tert-OH is 1. The van der Waals surface area contributed by atoms with Gasteiger partial charge in [-0.15, -0.1) is 0 Å². The smallest absolute Gasteiger partial charge is 0.251 e. The third-order valence-electron chi connectivity index (χ3n) is 3.50. The van der Waals surface area contributed by atoms with E-state index in [1.165, 1.54) is 0 Å². The zero-order valence-corrected chi connectivity index (χ0v) is 13.3. The van der Waals surface area contributed by atoms with Gasteiger partial charge in [-0.05, 0) is 30.2 Å². The molecule has 23 heavy (non-hydrogen) atoms. The Morgan fingerprint density at radius 3 is 2.65 bits per heavy atom. The van der Waals surface area contributed by atoms with Gasteiger partial charge < -0.3 is 15.7 Å². The molecule has 2 aromatic rings. The van der Waals surface area contributed by atoms with Crippen LogP contribution in [-0.4, -0.2) is 30.7 Å². The minimum atomic E-state index is -0.167. The molecule has 2 rings (SSSR count). The van der Waals surface area contributed by atoms with Crippen LogP contribution < -0.4 is 10.6 Å². The van der Waals surface area contributed by atoms with Crippen LogP contribution in [0.5, 0.6) is 0 Å². The summed E-state index contributed by atoms with van der Waals surface area (Å²) in [5, 5.41) is 14.8. The van der Waals surface area contributed by atoms with Gasteiger partial charge >= 0.3 is 0 Å². The van der Waals surface area contributed by atoms with Crippen molar-refractivity contribution >= 4 is 17.7 Å². The first-order chi connectivity index (χ1) is 11.2. The van der Waals surface area contributed by atoms with Crippen LogP contribution in [0.15, 0.2) is 54.6 Å². The molecular formula is C19H22N2O2. The maximum absolute atomic E-state index is 12.0. The SMILES string of the molecule is Cc1c(NC/C=C/c2ccccc2)cccc1C(=O)NCCO. The van der Waals surface area contributed by atoms with E-state index in [0.717, 1.165) is 16.8 Å². The van der Waals surface area contributed by atoms with Crippen molar-refractivity contribution in [2.24, 2.45) is 0 Å². The predicted octanol–water partition coefficient (Wildman–Crippen LogP) is 2.84. The Hall–Kier alpha value is -2.59. The van der Waals surface area contributed by atoms with Crippen LogP contribution in [0.1, 0.15) is 21.5 Å². The van der Waals surface area contributed by atoms with Gasteiger partial charge in [0.25, 0.3) is 5.91 Å². The normalized spacial score (nSPS) is 10.7. The molecule has 0 saturated carbocycles. The van der Waals surface area contributed by atoms with Crippen LogP contribution in [0.4, 0.5) is 5.69 Å². The lowest BCUT2D eigenvalue weighted by Gasteiger charge is -2.12. The fourth-order valence-electron chi connectivity index (χ4n) is 2.27. The zero-order chi connectivity index (χ0) is 16.5. The molecule has 3 N–H and O–H groups in total. The number of rotatable bonds is 7. The summed E-state index contributed by atoms with van der Waals surface area (Å²) < 4.78 is 0. The molecule has 2 aromatic carbocycles. The van der Waals surface area contributed by atoms with E-state index < -0.39 is 0 Å². The molecule has 0 radical (unpaired) electrons. The number of carbonyl (C=O) groups excluding carboxylic acids is 1. The molecule has 0 heterocycles. The lowest BCUT2D eigenvalue weighted by molar-refractivity contribution is 0.0944. The number of hydrogen-bond acceptors (Lipinski definition) is 3. The van der Waals surface area contributed by atoms with E-state index in [0.29, 0.717) is 12.1 Å². The van der Waals surface area contributed by atoms with Crippen LogP contribution in [0.3, 0.4) is 0 Å². The predicted molar refractivity (Wildman–Crippen MR) is 94.6 cm³/mol. The van der Waals surface area contributed by atoms with Gasteiger partial charge in [-0.3, -0.25) is 4.79 Å². The fourth-order valence-corrected chi connectivity index (χ4v) is 2.27. The monoisotopic (exact) mass is 310 g/mol. The third-order valence-corrected chi connectivity index (χ3v) is 3.50. The van der Waals surface area contributed by atoms with Gasteiger partial charge in [0, 0.05) is 24.3 Å². The number of hydrogen-bond donors (Lipinski definition) is 3. The van der Waals surface area contributed by atoms with Crippen molar-refractivity contribution < 1.29 is 9.90 Å². The van der Waals surface area contributed by atoms with Crippen LogP contribution in [0.2, 0.25) is 0 Å². The topological polar surface area (TPSA) is 61.4 Å². The minimum absolute atomic E-state index is 0.0625. The molecule has 0 aliphatic rings. The standard InChI is InChI=1S/C19H22N2O2/c1-15-17(19(23)21-13-14-22)10-5-11-18(15)20-12-6-9-16-7-3-2-4-8-16/h2-11,20,22H,12-14H2,1H3,(H,21,23)/b9-6+. The number of aliphatic hydroxyl groups is 1. The molecule has 4 heteroatoms. The van der Waals surface area contributed by atoms with Gasteiger partial charge in [0.05, 0.1) is 6.61 Å². The molecular weight excluding hydrogens is 288 g/mol. The summed E-state index contributed by atoms with van der Waals surface area (Å²) >= 11 is 0. The number of nitrogens with one attached hydrogen (secondary N) is 2. The molecule has 0 unspecified atom stereocenters. The van der Waals surface area contributed by atoms with Crippen LogP contribution in [0, 0.1) is 6.92 Å². The van der Waals surface area contributed by atoms with Crippen LogP contribution in [-0.2, 0) is 0 Å². The van der Waals surface area contributed by atoms with Crippen molar-refractivity contribution in [2.45, 2.75) is 6.92 Å². The number of carbonyl (C=O) groups is 1. The molecule has 0 spiro atoms. The van der Waals surface area contributed by atoms with E-state index in [-0.39, 0.29) is 19.1 Å². The molecule has 0 atom stereocenters. The summed E-state index contributed by atoms with van der Waals surface area (Å²) in [6.07, 6.45) is 4.10. The second-order valence-electron chi connectivity index (χ2n) is 5.15. The second-order valence-corrected chi connectivity index (χ2v) is 5.15. The van der Waals surface area contributed by atoms with Gasteiger partial charge in [-0.25, -0.2) is 0 Å². The summed E-state index contributed by atoms with van der Waals surface area (Å²) in [5.74, 6) is -0.167. The number of benzene rings is 2. The van der Waals surface area contributed by atoms with E-state index in [1.54, 1.807) is 6.07 Å². The van der Waals surface area contributed by atoms with E-state index >= 15 is 0 Å². The highest BCUT2D eigenvalue weighted by atomic mass is 16.3. The van der Waals surface area contributed by atoms with Gasteiger partial charge in [0.15, 0.2) is 0 Å². The first-order valence-corrected chi connectivity index (χ1v) is 7.66. The molecule has 0 fully saturated rings. The highest BCUT2D eigenvalue weighted by Gasteiger charge is 2.10. The molecule has 0 aliphatic heterocycles. The Morgan fingerprint density at radius 1 is 1.13 bits per heavy atom. The van der Waals surface area contributed by atoms with Crippen molar-refractivity contribution in [1.82, 2.24) is 5.32 Å². The van der Waals surface area contributed by atoms with Crippen molar-refractivity contribution in [2.75, 3.05) is 25.0 Å². The lowest BCUT2D eigenvalue weighted by atomic mass is 10.1. The second kappa shape index (κ2) is 8.76. The van der Waals surface area contributed by atoms with Gasteiger partial charge in [-0.2, -0.15) is 0 Å². The first kappa shape index (κ1) is 16.8. The maximum Gasteiger partial charge on any atom is 0.251 e. The van der Waals surface area contributed by atoms with E-state index in [2.05, 4.69) is 16.7 Å². The van der Waals surface area contributed by atoms with E-state index in [4.69, 9.17) is 5.11 Å². The van der Waals surface area contributed by atoms with Gasteiger partial charge in [0.2, 0.25) is 0 Å². The van der Waals surface area contributed by atoms with Crippen molar-refractivity contribution in [3.63, 3.8) is 0 Å². The fraction of sp³-hybridized carbons (Fsp3) is 0.211. The Morgan fingerprint density at radius 2 is 1.91 bits per heavy atom. The highest BCUT2D eigenvalue weighted by Crippen LogP contribution is 2.18. The molecule has 120 valence electrons. The first-order valence-electron chi connectivity index (χ1n) is 7.66. The number of amides is 1. The Kier molecular flexibility index (Phi) is 6.39. The summed E-state index contributed by atoms with van der Waals surface area (Å²) in [6.45, 7) is 2.79. The average molecular weight is 310 g/mol. The largest absolute Gasteiger partial charge is 0.395 e. The molecule has 0 saturated heterocycles. The quantitative estimate of drug-likeness (QED) is 0.737. The molecule has 4 nitrogen and oxygen atoms in total. The summed E-state index contributed by atoms with van der Waals surface area (Å²) in [4.78, 5) is 12.0. The lowest BCUT2D eigenvalue weighted by Crippen LogP contribution is -2.27. The molecule has 0 aliphatic carbocycles. The zero-order valence-electron chi connectivity index (χ0n) is 13.3. The average Bonchev–Trinajstić information content (AvgIpc) is 2.58. The maximum atomic E-state index is 12.0. The Labute approximate surface area is 136 Å². The van der Waals surface area contributed by atoms with Gasteiger partial charge in [0.1, 0.15) is 0 Å². The van der Waals surface area contributed by atoms with E-state index in [1.807, 2.05) is 55.5 Å². The van der Waals surface area contributed by atoms with Crippen LogP contribution in [0.25, 0.3) is 6.08 Å². The highest BCUT2D eigenvalue weighted by molar-refractivity contribution is 5.97. The van der Waals surface area contributed by atoms with Crippen molar-refractivity contribution in [3.05, 3.63) is 71.3 Å². The van der Waals surface area contributed by atoms with Gasteiger partial charge in [-0.1, -0.05) is 48.6 Å². The Balaban J connectivity index is 1.98. The van der Waals surface area contributed by atoms with Crippen LogP contribution >= 0.6 is 0 Å².